The maximum atomic E-state index is 15.4. The number of hydrogen-bond donors (Lipinski definition) is 2. The van der Waals surface area contributed by atoms with Gasteiger partial charge >= 0.3 is 0 Å². The van der Waals surface area contributed by atoms with Crippen molar-refractivity contribution in [1.82, 2.24) is 24.3 Å². The van der Waals surface area contributed by atoms with Crippen LogP contribution in [0.2, 0.25) is 10.0 Å². The number of sulfonamides is 1. The predicted molar refractivity (Wildman–Crippen MR) is 165 cm³/mol. The number of benzene rings is 2. The molecule has 1 saturated heterocycles. The van der Waals surface area contributed by atoms with Crippen molar-refractivity contribution < 1.29 is 12.8 Å². The molecule has 2 aromatic carbocycles. The summed E-state index contributed by atoms with van der Waals surface area (Å²) in [6.07, 6.45) is 7.64. The van der Waals surface area contributed by atoms with E-state index < -0.39 is 15.8 Å². The van der Waals surface area contributed by atoms with Gasteiger partial charge in [0, 0.05) is 50.0 Å². The van der Waals surface area contributed by atoms with Crippen molar-refractivity contribution in [2.24, 2.45) is 0 Å². The van der Waals surface area contributed by atoms with Crippen LogP contribution >= 0.6 is 23.2 Å². The number of aromatic nitrogens is 3. The summed E-state index contributed by atoms with van der Waals surface area (Å²) in [5, 5.41) is 0.598. The second-order valence-electron chi connectivity index (χ2n) is 11.1. The Labute approximate surface area is 254 Å². The predicted octanol–water partition coefficient (Wildman–Crippen LogP) is 5.66. The van der Waals surface area contributed by atoms with Gasteiger partial charge in [0.1, 0.15) is 28.5 Å². The van der Waals surface area contributed by atoms with Crippen LogP contribution in [0.25, 0.3) is 22.2 Å². The molecule has 9 nitrogen and oxygen atoms in total. The molecule has 6 rings (SSSR count). The van der Waals surface area contributed by atoms with Crippen LogP contribution in [0, 0.1) is 5.82 Å². The van der Waals surface area contributed by atoms with Crippen LogP contribution in [0.1, 0.15) is 31.7 Å². The molecule has 0 spiro atoms. The Balaban J connectivity index is 1.27. The number of fused-ring (bicyclic) bond motifs is 1. The van der Waals surface area contributed by atoms with Gasteiger partial charge in [0.05, 0.1) is 21.1 Å². The molecule has 1 aliphatic heterocycles. The number of likely N-dealkylation sites (N-methyl/N-ethyl adjacent to an activating group) is 1. The molecule has 0 atom stereocenters. The Bertz CT molecular complexity index is 1730. The van der Waals surface area contributed by atoms with Crippen LogP contribution in [0.3, 0.4) is 0 Å². The number of rotatable bonds is 6. The second kappa shape index (κ2) is 11.6. The summed E-state index contributed by atoms with van der Waals surface area (Å²) in [4.78, 5) is 13.5. The molecule has 1 aliphatic carbocycles. The molecule has 2 aliphatic rings. The topological polar surface area (TPSA) is 109 Å². The number of nitrogen functional groups attached to an aromatic ring is 1. The van der Waals surface area contributed by atoms with Crippen molar-refractivity contribution in [2.45, 2.75) is 42.7 Å². The summed E-state index contributed by atoms with van der Waals surface area (Å²) in [6, 6.07) is 9.38. The number of halogens is 3. The third-order valence-corrected chi connectivity index (χ3v) is 10.8. The highest BCUT2D eigenvalue weighted by molar-refractivity contribution is 7.92. The fourth-order valence-electron chi connectivity index (χ4n) is 6.15. The smallest absolute Gasteiger partial charge is 0.263 e. The summed E-state index contributed by atoms with van der Waals surface area (Å²) in [7, 11) is -2.02. The molecule has 0 amide bonds. The van der Waals surface area contributed by atoms with E-state index in [1.165, 1.54) is 36.7 Å². The maximum Gasteiger partial charge on any atom is 0.263 e. The van der Waals surface area contributed by atoms with E-state index in [1.54, 1.807) is 6.07 Å². The van der Waals surface area contributed by atoms with Gasteiger partial charge in [-0.05, 0) is 62.6 Å². The molecule has 42 heavy (non-hydrogen) atoms. The second-order valence-corrected chi connectivity index (χ2v) is 13.5. The number of hydrogen-bond acceptors (Lipinski definition) is 7. The van der Waals surface area contributed by atoms with E-state index in [1.807, 2.05) is 6.20 Å². The lowest BCUT2D eigenvalue weighted by Gasteiger charge is -2.41. The highest BCUT2D eigenvalue weighted by atomic mass is 35.5. The van der Waals surface area contributed by atoms with Crippen LogP contribution in [0.5, 0.6) is 0 Å². The first-order valence-corrected chi connectivity index (χ1v) is 16.2. The number of anilines is 2. The number of nitrogens with one attached hydrogen (secondary N) is 1. The third-order valence-electron chi connectivity index (χ3n) is 8.48. The Morgan fingerprint density at radius 2 is 1.71 bits per heavy atom. The van der Waals surface area contributed by atoms with E-state index in [4.69, 9.17) is 28.9 Å². The molecule has 2 fully saturated rings. The Morgan fingerprint density at radius 3 is 2.43 bits per heavy atom. The maximum absolute atomic E-state index is 15.4. The van der Waals surface area contributed by atoms with Crippen molar-refractivity contribution in [3.8, 4) is 11.1 Å². The quantitative estimate of drug-likeness (QED) is 0.283. The Kier molecular flexibility index (Phi) is 8.05. The molecular weight excluding hydrogens is 600 g/mol. The lowest BCUT2D eigenvalue weighted by Crippen LogP contribution is -2.49. The van der Waals surface area contributed by atoms with Gasteiger partial charge in [-0.25, -0.2) is 22.8 Å². The number of nitrogens with two attached hydrogens (primary N) is 1. The summed E-state index contributed by atoms with van der Waals surface area (Å²) < 4.78 is 45.7. The molecule has 1 saturated carbocycles. The van der Waals surface area contributed by atoms with Gasteiger partial charge in [0.25, 0.3) is 10.0 Å². The molecule has 0 unspecified atom stereocenters. The summed E-state index contributed by atoms with van der Waals surface area (Å²) in [6.45, 7) is 4.42. The highest BCUT2D eigenvalue weighted by Crippen LogP contribution is 2.40. The van der Waals surface area contributed by atoms with Crippen LogP contribution < -0.4 is 10.5 Å². The van der Waals surface area contributed by atoms with Crippen molar-refractivity contribution in [2.75, 3.05) is 43.7 Å². The lowest BCUT2D eigenvalue weighted by molar-refractivity contribution is 0.0828. The molecular formula is C29H32Cl2FN7O2S. The van der Waals surface area contributed by atoms with Crippen molar-refractivity contribution in [1.29, 1.82) is 0 Å². The zero-order chi connectivity index (χ0) is 29.6. The molecule has 3 N–H and O–H groups in total. The van der Waals surface area contributed by atoms with Gasteiger partial charge in [0.2, 0.25) is 0 Å². The fourth-order valence-corrected chi connectivity index (χ4v) is 7.98. The first-order valence-electron chi connectivity index (χ1n) is 13.9. The van der Waals surface area contributed by atoms with Crippen molar-refractivity contribution >= 4 is 55.8 Å². The number of piperazine rings is 1. The van der Waals surface area contributed by atoms with E-state index in [0.717, 1.165) is 51.9 Å². The van der Waals surface area contributed by atoms with Crippen LogP contribution in [-0.2, 0) is 10.0 Å². The molecule has 222 valence electrons. The SMILES string of the molecule is CN1CCN([C@H]2CC[C@H](n3cc(-c4ccc(NS(=O)(=O)c5cccc(Cl)c5Cl)c(F)c4)c4c(N)ncnc43)CC2)CC1. The average Bonchev–Trinajstić information content (AvgIpc) is 3.37. The normalized spacial score (nSPS) is 20.7. The first-order chi connectivity index (χ1) is 20.1. The highest BCUT2D eigenvalue weighted by Gasteiger charge is 2.30. The van der Waals surface area contributed by atoms with E-state index in [9.17, 15) is 8.42 Å². The minimum atomic E-state index is -4.19. The minimum Gasteiger partial charge on any atom is -0.383 e. The van der Waals surface area contributed by atoms with E-state index >= 15 is 4.39 Å². The molecule has 4 aromatic rings. The monoisotopic (exact) mass is 631 g/mol. The van der Waals surface area contributed by atoms with Crippen molar-refractivity contribution in [3.63, 3.8) is 0 Å². The van der Waals surface area contributed by atoms with Gasteiger partial charge in [-0.3, -0.25) is 9.62 Å². The molecule has 0 radical (unpaired) electrons. The van der Waals surface area contributed by atoms with Crippen LogP contribution in [0.15, 0.2) is 53.8 Å². The average molecular weight is 633 g/mol. The minimum absolute atomic E-state index is 0.0828. The third kappa shape index (κ3) is 5.56. The zero-order valence-corrected chi connectivity index (χ0v) is 25.4. The molecule has 3 heterocycles. The van der Waals surface area contributed by atoms with E-state index in [-0.39, 0.29) is 26.7 Å². The standard InChI is InChI=1S/C29H32Cl2FN7O2S/c1-37-11-13-38(14-12-37)19-6-8-20(9-7-19)39-16-21(26-28(33)34-17-35-29(26)39)18-5-10-24(23(32)15-18)36-42(40,41)25-4-2-3-22(30)27(25)31/h2-5,10,15-17,19-20,36H,6-9,11-14H2,1H3,(H2,33,34,35)/t19-,20-. The zero-order valence-electron chi connectivity index (χ0n) is 23.1. The van der Waals surface area contributed by atoms with Gasteiger partial charge in [-0.2, -0.15) is 0 Å². The largest absolute Gasteiger partial charge is 0.383 e. The Morgan fingerprint density at radius 1 is 1.00 bits per heavy atom. The van der Waals surface area contributed by atoms with Gasteiger partial charge in [-0.1, -0.05) is 35.3 Å². The number of nitrogens with zero attached hydrogens (tertiary/aromatic N) is 5. The van der Waals surface area contributed by atoms with Crippen LogP contribution in [0.4, 0.5) is 15.9 Å². The molecule has 2 aromatic heterocycles. The summed E-state index contributed by atoms with van der Waals surface area (Å²) in [5.74, 6) is -0.445. The van der Waals surface area contributed by atoms with Gasteiger partial charge in [-0.15, -0.1) is 0 Å². The first kappa shape index (κ1) is 29.1. The fraction of sp³-hybridized carbons (Fsp3) is 0.379. The Hall–Kier alpha value is -2.96. The lowest BCUT2D eigenvalue weighted by atomic mass is 9.89. The summed E-state index contributed by atoms with van der Waals surface area (Å²) >= 11 is 12.1. The molecule has 0 bridgehead atoms. The van der Waals surface area contributed by atoms with E-state index in [0.29, 0.717) is 34.0 Å². The summed E-state index contributed by atoms with van der Waals surface area (Å²) in [5.41, 5.74) is 8.04. The van der Waals surface area contributed by atoms with Gasteiger partial charge < -0.3 is 15.2 Å². The van der Waals surface area contributed by atoms with Gasteiger partial charge in [0.15, 0.2) is 0 Å². The van der Waals surface area contributed by atoms with Crippen LogP contribution in [-0.4, -0.2) is 72.0 Å². The van der Waals surface area contributed by atoms with E-state index in [2.05, 4.69) is 36.1 Å². The van der Waals surface area contributed by atoms with Crippen molar-refractivity contribution in [3.05, 3.63) is 64.8 Å². The molecule has 13 heteroatoms.